The van der Waals surface area contributed by atoms with E-state index in [0.717, 1.165) is 6.54 Å². The summed E-state index contributed by atoms with van der Waals surface area (Å²) in [5.41, 5.74) is 1.44. The lowest BCUT2D eigenvalue weighted by Gasteiger charge is -2.22. The first-order chi connectivity index (χ1) is 9.45. The van der Waals surface area contributed by atoms with Crippen molar-refractivity contribution in [3.8, 4) is 0 Å². The zero-order valence-corrected chi connectivity index (χ0v) is 14.7. The van der Waals surface area contributed by atoms with Crippen molar-refractivity contribution >= 4 is 13.3 Å². The van der Waals surface area contributed by atoms with Gasteiger partial charge in [-0.15, -0.1) is 0 Å². The molecule has 1 aromatic carbocycles. The third-order valence-corrected chi connectivity index (χ3v) is 6.33. The van der Waals surface area contributed by atoms with Gasteiger partial charge in [-0.2, -0.15) is 0 Å². The molecule has 0 atom stereocenters. The maximum Gasteiger partial charge on any atom is 0.0775 e. The van der Waals surface area contributed by atoms with E-state index in [-0.39, 0.29) is 0 Å². The van der Waals surface area contributed by atoms with Gasteiger partial charge in [-0.3, -0.25) is 0 Å². The summed E-state index contributed by atoms with van der Waals surface area (Å²) in [7, 11) is 1.09. The van der Waals surface area contributed by atoms with Crippen LogP contribution in [-0.2, 0) is 6.54 Å². The standard InChI is InChI=1S/C17H30N2Si/c1-18(13-14-19-11-5-6-12-19)15-16-7-9-17(10-8-16)20(2,3)4/h7-10H,5-6,11-15H2,1-4H3. The Hall–Kier alpha value is -0.643. The molecule has 112 valence electrons. The number of benzene rings is 1. The molecule has 2 nitrogen and oxygen atoms in total. The summed E-state index contributed by atoms with van der Waals surface area (Å²) in [6.45, 7) is 13.3. The minimum Gasteiger partial charge on any atom is -0.302 e. The third kappa shape index (κ3) is 4.72. The van der Waals surface area contributed by atoms with Gasteiger partial charge in [0.05, 0.1) is 8.07 Å². The van der Waals surface area contributed by atoms with Gasteiger partial charge in [0.1, 0.15) is 0 Å². The number of likely N-dealkylation sites (N-methyl/N-ethyl adjacent to an activating group) is 1. The van der Waals surface area contributed by atoms with Crippen molar-refractivity contribution in [2.45, 2.75) is 39.0 Å². The van der Waals surface area contributed by atoms with Crippen LogP contribution in [0, 0.1) is 0 Å². The van der Waals surface area contributed by atoms with E-state index in [0.29, 0.717) is 0 Å². The Bertz CT molecular complexity index is 402. The monoisotopic (exact) mass is 290 g/mol. The molecule has 1 fully saturated rings. The highest BCUT2D eigenvalue weighted by atomic mass is 28.3. The van der Waals surface area contributed by atoms with Crippen LogP contribution in [0.25, 0.3) is 0 Å². The highest BCUT2D eigenvalue weighted by Gasteiger charge is 2.16. The molecule has 0 N–H and O–H groups in total. The number of hydrogen-bond acceptors (Lipinski definition) is 2. The topological polar surface area (TPSA) is 6.48 Å². The summed E-state index contributed by atoms with van der Waals surface area (Å²) >= 11 is 0. The van der Waals surface area contributed by atoms with Crippen LogP contribution in [0.3, 0.4) is 0 Å². The Labute approximate surface area is 125 Å². The molecule has 0 radical (unpaired) electrons. The average Bonchev–Trinajstić information content (AvgIpc) is 2.89. The molecule has 0 aliphatic carbocycles. The Kier molecular flexibility index (Phi) is 5.41. The second-order valence-corrected chi connectivity index (χ2v) is 12.3. The summed E-state index contributed by atoms with van der Waals surface area (Å²) in [6.07, 6.45) is 2.78. The van der Waals surface area contributed by atoms with E-state index in [1.807, 2.05) is 0 Å². The van der Waals surface area contributed by atoms with Crippen molar-refractivity contribution in [2.24, 2.45) is 0 Å². The molecule has 2 rings (SSSR count). The minimum atomic E-state index is -1.15. The summed E-state index contributed by atoms with van der Waals surface area (Å²) < 4.78 is 0. The second-order valence-electron chi connectivity index (χ2n) is 7.23. The van der Waals surface area contributed by atoms with E-state index < -0.39 is 8.07 Å². The first-order valence-corrected chi connectivity index (χ1v) is 11.5. The SMILES string of the molecule is CN(CCN1CCCC1)Cc1ccc([Si](C)(C)C)cc1. The van der Waals surface area contributed by atoms with Gasteiger partial charge in [-0.1, -0.05) is 49.1 Å². The van der Waals surface area contributed by atoms with Crippen LogP contribution in [0.15, 0.2) is 24.3 Å². The molecule has 1 aliphatic rings. The van der Waals surface area contributed by atoms with E-state index in [4.69, 9.17) is 0 Å². The Morgan fingerprint density at radius 3 is 2.20 bits per heavy atom. The molecule has 1 aliphatic heterocycles. The van der Waals surface area contributed by atoms with Gasteiger partial charge >= 0.3 is 0 Å². The number of nitrogens with zero attached hydrogens (tertiary/aromatic N) is 2. The summed E-state index contributed by atoms with van der Waals surface area (Å²) in [5, 5.41) is 1.56. The van der Waals surface area contributed by atoms with Crippen LogP contribution in [0.5, 0.6) is 0 Å². The molecule has 0 amide bonds. The zero-order chi connectivity index (χ0) is 14.6. The lowest BCUT2D eigenvalue weighted by Crippen LogP contribution is -2.37. The molecule has 0 bridgehead atoms. The van der Waals surface area contributed by atoms with Gasteiger partial charge < -0.3 is 9.80 Å². The van der Waals surface area contributed by atoms with E-state index in [1.54, 1.807) is 5.19 Å². The van der Waals surface area contributed by atoms with Gasteiger partial charge in [0, 0.05) is 19.6 Å². The van der Waals surface area contributed by atoms with E-state index in [2.05, 4.69) is 60.8 Å². The Morgan fingerprint density at radius 2 is 1.65 bits per heavy atom. The van der Waals surface area contributed by atoms with Crippen molar-refractivity contribution in [3.05, 3.63) is 29.8 Å². The van der Waals surface area contributed by atoms with Crippen LogP contribution < -0.4 is 5.19 Å². The molecule has 1 aromatic rings. The summed E-state index contributed by atoms with van der Waals surface area (Å²) in [4.78, 5) is 5.03. The highest BCUT2D eigenvalue weighted by Crippen LogP contribution is 2.09. The van der Waals surface area contributed by atoms with Crippen molar-refractivity contribution in [2.75, 3.05) is 33.2 Å². The number of likely N-dealkylation sites (tertiary alicyclic amines) is 1. The molecule has 20 heavy (non-hydrogen) atoms. The van der Waals surface area contributed by atoms with Crippen molar-refractivity contribution < 1.29 is 0 Å². The molecule has 0 aromatic heterocycles. The summed E-state index contributed by atoms with van der Waals surface area (Å²) in [6, 6.07) is 9.33. The molecule has 1 heterocycles. The van der Waals surface area contributed by atoms with Crippen LogP contribution in [0.4, 0.5) is 0 Å². The normalized spacial score (nSPS) is 17.1. The highest BCUT2D eigenvalue weighted by molar-refractivity contribution is 6.88. The van der Waals surface area contributed by atoms with Crippen LogP contribution in [-0.4, -0.2) is 51.1 Å². The summed E-state index contributed by atoms with van der Waals surface area (Å²) in [5.74, 6) is 0. The Balaban J connectivity index is 1.80. The Morgan fingerprint density at radius 1 is 1.05 bits per heavy atom. The molecule has 0 unspecified atom stereocenters. The molecule has 1 saturated heterocycles. The molecular weight excluding hydrogens is 260 g/mol. The second kappa shape index (κ2) is 6.88. The fourth-order valence-corrected chi connectivity index (χ4v) is 3.99. The fourth-order valence-electron chi connectivity index (χ4n) is 2.82. The quantitative estimate of drug-likeness (QED) is 0.743. The number of rotatable bonds is 6. The fraction of sp³-hybridized carbons (Fsp3) is 0.647. The first kappa shape index (κ1) is 15.7. The smallest absolute Gasteiger partial charge is 0.0775 e. The van der Waals surface area contributed by atoms with Crippen LogP contribution >= 0.6 is 0 Å². The predicted octanol–water partition coefficient (Wildman–Crippen LogP) is 2.76. The van der Waals surface area contributed by atoms with Gasteiger partial charge in [0.15, 0.2) is 0 Å². The first-order valence-electron chi connectivity index (χ1n) is 7.95. The van der Waals surface area contributed by atoms with Crippen molar-refractivity contribution in [3.63, 3.8) is 0 Å². The van der Waals surface area contributed by atoms with Gasteiger partial charge in [-0.25, -0.2) is 0 Å². The largest absolute Gasteiger partial charge is 0.302 e. The average molecular weight is 291 g/mol. The lowest BCUT2D eigenvalue weighted by atomic mass is 10.2. The lowest BCUT2D eigenvalue weighted by molar-refractivity contribution is 0.252. The molecule has 0 spiro atoms. The van der Waals surface area contributed by atoms with Gasteiger partial charge in [-0.05, 0) is 38.5 Å². The van der Waals surface area contributed by atoms with Crippen molar-refractivity contribution in [1.29, 1.82) is 0 Å². The van der Waals surface area contributed by atoms with Crippen molar-refractivity contribution in [1.82, 2.24) is 9.80 Å². The third-order valence-electron chi connectivity index (χ3n) is 4.27. The molecular formula is C17H30N2Si. The maximum absolute atomic E-state index is 2.59. The zero-order valence-electron chi connectivity index (χ0n) is 13.7. The van der Waals surface area contributed by atoms with Crippen LogP contribution in [0.2, 0.25) is 19.6 Å². The predicted molar refractivity (Wildman–Crippen MR) is 91.4 cm³/mol. The van der Waals surface area contributed by atoms with Gasteiger partial charge in [0.25, 0.3) is 0 Å². The van der Waals surface area contributed by atoms with Crippen LogP contribution in [0.1, 0.15) is 18.4 Å². The molecule has 0 saturated carbocycles. The molecule has 3 heteroatoms. The van der Waals surface area contributed by atoms with E-state index >= 15 is 0 Å². The number of hydrogen-bond donors (Lipinski definition) is 0. The maximum atomic E-state index is 2.59. The van der Waals surface area contributed by atoms with Gasteiger partial charge in [0.2, 0.25) is 0 Å². The van der Waals surface area contributed by atoms with E-state index in [1.165, 1.54) is 44.6 Å². The van der Waals surface area contributed by atoms with E-state index in [9.17, 15) is 0 Å². The minimum absolute atomic E-state index is 1.07.